The summed E-state index contributed by atoms with van der Waals surface area (Å²) in [6.07, 6.45) is 1.97. The first-order valence-corrected chi connectivity index (χ1v) is 7.12. The van der Waals surface area contributed by atoms with Gasteiger partial charge in [0, 0.05) is 24.5 Å². The quantitative estimate of drug-likeness (QED) is 0.889. The van der Waals surface area contributed by atoms with Gasteiger partial charge in [-0.25, -0.2) is 4.79 Å². The van der Waals surface area contributed by atoms with Crippen LogP contribution in [0, 0.1) is 6.92 Å². The Balaban J connectivity index is 1.73. The average molecular weight is 269 g/mol. The topological polar surface area (TPSA) is 49.8 Å². The summed E-state index contributed by atoms with van der Waals surface area (Å²) in [5, 5.41) is 10.7. The first-order valence-electron chi connectivity index (χ1n) is 6.24. The SMILES string of the molecule is Cc1ccsc1CN1CCC(OCC(=O)O)CC1. The van der Waals surface area contributed by atoms with Gasteiger partial charge in [0.2, 0.25) is 0 Å². The van der Waals surface area contributed by atoms with Gasteiger partial charge >= 0.3 is 5.97 Å². The van der Waals surface area contributed by atoms with Gasteiger partial charge in [-0.3, -0.25) is 4.90 Å². The van der Waals surface area contributed by atoms with E-state index in [1.807, 2.05) is 11.3 Å². The number of thiophene rings is 1. The van der Waals surface area contributed by atoms with Crippen LogP contribution in [-0.2, 0) is 16.1 Å². The molecule has 100 valence electrons. The summed E-state index contributed by atoms with van der Waals surface area (Å²) in [4.78, 5) is 14.3. The number of aliphatic carboxylic acids is 1. The molecular weight excluding hydrogens is 250 g/mol. The van der Waals surface area contributed by atoms with E-state index in [0.29, 0.717) is 0 Å². The summed E-state index contributed by atoms with van der Waals surface area (Å²) in [6.45, 7) is 4.96. The molecule has 2 heterocycles. The Bertz CT molecular complexity index is 397. The highest BCUT2D eigenvalue weighted by molar-refractivity contribution is 7.10. The van der Waals surface area contributed by atoms with Crippen LogP contribution in [0.5, 0.6) is 0 Å². The fourth-order valence-corrected chi connectivity index (χ4v) is 3.14. The number of ether oxygens (including phenoxy) is 1. The van der Waals surface area contributed by atoms with Crippen molar-refractivity contribution >= 4 is 17.3 Å². The van der Waals surface area contributed by atoms with E-state index in [1.54, 1.807) is 0 Å². The Morgan fingerprint density at radius 3 is 2.83 bits per heavy atom. The van der Waals surface area contributed by atoms with E-state index in [-0.39, 0.29) is 12.7 Å². The molecule has 1 aromatic heterocycles. The highest BCUT2D eigenvalue weighted by Gasteiger charge is 2.20. The monoisotopic (exact) mass is 269 g/mol. The Labute approximate surface area is 111 Å². The van der Waals surface area contributed by atoms with Crippen LogP contribution in [0.2, 0.25) is 0 Å². The van der Waals surface area contributed by atoms with Crippen LogP contribution in [0.3, 0.4) is 0 Å². The van der Waals surface area contributed by atoms with Gasteiger partial charge in [-0.15, -0.1) is 11.3 Å². The van der Waals surface area contributed by atoms with Crippen molar-refractivity contribution in [2.45, 2.75) is 32.4 Å². The molecule has 0 aromatic carbocycles. The molecule has 0 unspecified atom stereocenters. The molecule has 2 rings (SSSR count). The molecule has 1 N–H and O–H groups in total. The highest BCUT2D eigenvalue weighted by Crippen LogP contribution is 2.21. The van der Waals surface area contributed by atoms with Crippen LogP contribution in [0.15, 0.2) is 11.4 Å². The van der Waals surface area contributed by atoms with Crippen molar-refractivity contribution in [3.63, 3.8) is 0 Å². The minimum Gasteiger partial charge on any atom is -0.480 e. The van der Waals surface area contributed by atoms with Gasteiger partial charge < -0.3 is 9.84 Å². The molecule has 0 aliphatic carbocycles. The lowest BCUT2D eigenvalue weighted by atomic mass is 10.1. The fourth-order valence-electron chi connectivity index (χ4n) is 2.19. The molecule has 0 amide bonds. The Morgan fingerprint density at radius 1 is 1.56 bits per heavy atom. The van der Waals surface area contributed by atoms with Crippen LogP contribution >= 0.6 is 11.3 Å². The summed E-state index contributed by atoms with van der Waals surface area (Å²) in [5.41, 5.74) is 1.37. The number of carboxylic acid groups (broad SMARTS) is 1. The molecule has 5 heteroatoms. The molecule has 1 aromatic rings. The van der Waals surface area contributed by atoms with E-state index >= 15 is 0 Å². The molecule has 1 fully saturated rings. The van der Waals surface area contributed by atoms with Crippen LogP contribution in [-0.4, -0.2) is 41.8 Å². The highest BCUT2D eigenvalue weighted by atomic mass is 32.1. The normalized spacial score (nSPS) is 18.1. The predicted molar refractivity (Wildman–Crippen MR) is 70.9 cm³/mol. The van der Waals surface area contributed by atoms with Gasteiger partial charge in [0.1, 0.15) is 6.61 Å². The zero-order chi connectivity index (χ0) is 13.0. The Kier molecular flexibility index (Phi) is 4.74. The van der Waals surface area contributed by atoms with Crippen LogP contribution in [0.1, 0.15) is 23.3 Å². The van der Waals surface area contributed by atoms with Crippen molar-refractivity contribution in [2.75, 3.05) is 19.7 Å². The van der Waals surface area contributed by atoms with Gasteiger partial charge in [0.05, 0.1) is 6.10 Å². The summed E-state index contributed by atoms with van der Waals surface area (Å²) >= 11 is 1.81. The number of rotatable bonds is 5. The van der Waals surface area contributed by atoms with Crippen molar-refractivity contribution in [2.24, 2.45) is 0 Å². The van der Waals surface area contributed by atoms with Gasteiger partial charge in [-0.2, -0.15) is 0 Å². The first-order chi connectivity index (χ1) is 8.65. The molecule has 0 bridgehead atoms. The zero-order valence-electron chi connectivity index (χ0n) is 10.6. The van der Waals surface area contributed by atoms with Crippen LogP contribution in [0.25, 0.3) is 0 Å². The number of hydrogen-bond acceptors (Lipinski definition) is 4. The zero-order valence-corrected chi connectivity index (χ0v) is 11.4. The maximum atomic E-state index is 10.4. The average Bonchev–Trinajstić information content (AvgIpc) is 2.74. The Morgan fingerprint density at radius 2 is 2.28 bits per heavy atom. The second-order valence-corrected chi connectivity index (χ2v) is 5.71. The van der Waals surface area contributed by atoms with E-state index in [1.165, 1.54) is 10.4 Å². The van der Waals surface area contributed by atoms with Gasteiger partial charge in [-0.1, -0.05) is 0 Å². The van der Waals surface area contributed by atoms with Crippen molar-refractivity contribution < 1.29 is 14.6 Å². The maximum absolute atomic E-state index is 10.4. The van der Waals surface area contributed by atoms with Gasteiger partial charge in [0.25, 0.3) is 0 Å². The minimum atomic E-state index is -0.883. The molecule has 0 atom stereocenters. The van der Waals surface area contributed by atoms with E-state index < -0.39 is 5.97 Å². The van der Waals surface area contributed by atoms with Crippen LogP contribution in [0.4, 0.5) is 0 Å². The second-order valence-electron chi connectivity index (χ2n) is 4.71. The lowest BCUT2D eigenvalue weighted by Crippen LogP contribution is -2.37. The lowest BCUT2D eigenvalue weighted by molar-refractivity contribution is -0.145. The number of carbonyl (C=O) groups is 1. The van der Waals surface area contributed by atoms with Crippen molar-refractivity contribution in [1.82, 2.24) is 4.90 Å². The van der Waals surface area contributed by atoms with Gasteiger partial charge in [-0.05, 0) is 36.8 Å². The molecular formula is C13H19NO3S. The number of hydrogen-bond donors (Lipinski definition) is 1. The fraction of sp³-hybridized carbons (Fsp3) is 0.615. The molecule has 1 aliphatic rings. The summed E-state index contributed by atoms with van der Waals surface area (Å²) in [5.74, 6) is -0.883. The number of aryl methyl sites for hydroxylation is 1. The molecule has 1 aliphatic heterocycles. The number of nitrogens with zero attached hydrogens (tertiary/aromatic N) is 1. The summed E-state index contributed by atoms with van der Waals surface area (Å²) in [6, 6.07) is 2.16. The first kappa shape index (κ1) is 13.5. The predicted octanol–water partition coefficient (Wildman–Crippen LogP) is 2.12. The molecule has 0 spiro atoms. The third kappa shape index (κ3) is 3.80. The van der Waals surface area contributed by atoms with Crippen molar-refractivity contribution in [3.8, 4) is 0 Å². The Hall–Kier alpha value is -0.910. The lowest BCUT2D eigenvalue weighted by Gasteiger charge is -2.31. The minimum absolute atomic E-state index is 0.113. The molecule has 0 saturated carbocycles. The molecule has 0 radical (unpaired) electrons. The maximum Gasteiger partial charge on any atom is 0.329 e. The smallest absolute Gasteiger partial charge is 0.329 e. The molecule has 1 saturated heterocycles. The largest absolute Gasteiger partial charge is 0.480 e. The summed E-state index contributed by atoms with van der Waals surface area (Å²) < 4.78 is 5.33. The molecule has 4 nitrogen and oxygen atoms in total. The third-order valence-electron chi connectivity index (χ3n) is 3.31. The number of carboxylic acids is 1. The molecule has 18 heavy (non-hydrogen) atoms. The van der Waals surface area contributed by atoms with Gasteiger partial charge in [0.15, 0.2) is 0 Å². The van der Waals surface area contributed by atoms with E-state index in [2.05, 4.69) is 23.3 Å². The number of piperidine rings is 1. The van der Waals surface area contributed by atoms with E-state index in [0.717, 1.165) is 32.5 Å². The summed E-state index contributed by atoms with van der Waals surface area (Å²) in [7, 11) is 0. The third-order valence-corrected chi connectivity index (χ3v) is 4.32. The van der Waals surface area contributed by atoms with Crippen molar-refractivity contribution in [3.05, 3.63) is 21.9 Å². The second kappa shape index (κ2) is 6.31. The van der Waals surface area contributed by atoms with E-state index in [9.17, 15) is 4.79 Å². The van der Waals surface area contributed by atoms with Crippen LogP contribution < -0.4 is 0 Å². The van der Waals surface area contributed by atoms with Crippen molar-refractivity contribution in [1.29, 1.82) is 0 Å². The standard InChI is InChI=1S/C13H19NO3S/c1-10-4-7-18-12(10)8-14-5-2-11(3-6-14)17-9-13(15)16/h4,7,11H,2-3,5-6,8-9H2,1H3,(H,15,16). The number of likely N-dealkylation sites (tertiary alicyclic amines) is 1. The van der Waals surface area contributed by atoms with E-state index in [4.69, 9.17) is 9.84 Å².